The Hall–Kier alpha value is -2.49. The minimum Gasteiger partial charge on any atom is -0.506 e. The zero-order chi connectivity index (χ0) is 17.4. The Kier molecular flexibility index (Phi) is 6.67. The Morgan fingerprint density at radius 2 is 1.88 bits per heavy atom. The number of hydrogen-bond donors (Lipinski definition) is 2. The van der Waals surface area contributed by atoms with E-state index in [0.29, 0.717) is 12.3 Å². The molecule has 2 rings (SSSR count). The van der Waals surface area contributed by atoms with Gasteiger partial charge in [0.25, 0.3) is 0 Å². The van der Waals surface area contributed by atoms with E-state index in [1.54, 1.807) is 18.2 Å². The number of rotatable bonds is 8. The highest BCUT2D eigenvalue weighted by Gasteiger charge is 2.19. The number of carbonyl (C=O) groups excluding carboxylic acids is 1. The lowest BCUT2D eigenvalue weighted by molar-refractivity contribution is -0.144. The lowest BCUT2D eigenvalue weighted by Crippen LogP contribution is -2.18. The standard InChI is InChI=1S/C20H25NO3/c1-3-4-13-24-20(23)14-18(16-10-6-5-9-15(16)2)21-17-11-7-8-12-19(17)22/h5-12,18,21-22H,3-4,13-14H2,1-2H3/t18-/m1/s1. The van der Waals surface area contributed by atoms with Crippen molar-refractivity contribution in [2.45, 2.75) is 39.2 Å². The van der Waals surface area contributed by atoms with Crippen LogP contribution in [0.25, 0.3) is 0 Å². The highest BCUT2D eigenvalue weighted by atomic mass is 16.5. The van der Waals surface area contributed by atoms with Gasteiger partial charge in [-0.3, -0.25) is 4.79 Å². The fourth-order valence-electron chi connectivity index (χ4n) is 2.56. The van der Waals surface area contributed by atoms with Crippen molar-refractivity contribution in [2.24, 2.45) is 0 Å². The van der Waals surface area contributed by atoms with Gasteiger partial charge in [0.15, 0.2) is 0 Å². The second-order valence-corrected chi connectivity index (χ2v) is 5.85. The van der Waals surface area contributed by atoms with E-state index >= 15 is 0 Å². The molecule has 0 aliphatic rings. The number of esters is 1. The van der Waals surface area contributed by atoms with Crippen LogP contribution < -0.4 is 5.32 Å². The zero-order valence-electron chi connectivity index (χ0n) is 14.3. The van der Waals surface area contributed by atoms with Crippen molar-refractivity contribution in [1.82, 2.24) is 0 Å². The molecule has 0 saturated heterocycles. The number of ether oxygens (including phenoxy) is 1. The van der Waals surface area contributed by atoms with Crippen LogP contribution in [-0.2, 0) is 9.53 Å². The van der Waals surface area contributed by atoms with Crippen LogP contribution >= 0.6 is 0 Å². The van der Waals surface area contributed by atoms with Gasteiger partial charge in [-0.2, -0.15) is 0 Å². The van der Waals surface area contributed by atoms with Crippen molar-refractivity contribution in [3.63, 3.8) is 0 Å². The van der Waals surface area contributed by atoms with E-state index in [1.807, 2.05) is 37.3 Å². The van der Waals surface area contributed by atoms with Gasteiger partial charge >= 0.3 is 5.97 Å². The molecule has 24 heavy (non-hydrogen) atoms. The number of unbranched alkanes of at least 4 members (excludes halogenated alkanes) is 1. The Bertz CT molecular complexity index is 669. The van der Waals surface area contributed by atoms with Crippen LogP contribution in [0.2, 0.25) is 0 Å². The topological polar surface area (TPSA) is 58.6 Å². The average molecular weight is 327 g/mol. The minimum absolute atomic E-state index is 0.162. The molecule has 1 atom stereocenters. The van der Waals surface area contributed by atoms with Gasteiger partial charge in [-0.25, -0.2) is 0 Å². The summed E-state index contributed by atoms with van der Waals surface area (Å²) < 4.78 is 5.30. The molecule has 0 fully saturated rings. The molecule has 4 nitrogen and oxygen atoms in total. The molecule has 2 N–H and O–H groups in total. The smallest absolute Gasteiger partial charge is 0.308 e. The first kappa shape index (κ1) is 17.9. The Morgan fingerprint density at radius 1 is 1.17 bits per heavy atom. The average Bonchev–Trinajstić information content (AvgIpc) is 2.57. The molecule has 0 heterocycles. The van der Waals surface area contributed by atoms with Gasteiger partial charge in [0.1, 0.15) is 5.75 Å². The highest BCUT2D eigenvalue weighted by Crippen LogP contribution is 2.30. The summed E-state index contributed by atoms with van der Waals surface area (Å²) in [5.74, 6) is -0.0740. The summed E-state index contributed by atoms with van der Waals surface area (Å²) in [6, 6.07) is 14.7. The van der Waals surface area contributed by atoms with Crippen LogP contribution in [0.15, 0.2) is 48.5 Å². The molecule has 2 aromatic carbocycles. The number of anilines is 1. The summed E-state index contributed by atoms with van der Waals surface area (Å²) in [7, 11) is 0. The number of aryl methyl sites for hydroxylation is 1. The van der Waals surface area contributed by atoms with Crippen LogP contribution in [0.5, 0.6) is 5.75 Å². The first-order chi connectivity index (χ1) is 11.6. The summed E-state index contributed by atoms with van der Waals surface area (Å²) >= 11 is 0. The maximum Gasteiger partial charge on any atom is 0.308 e. The molecule has 128 valence electrons. The van der Waals surface area contributed by atoms with Crippen LogP contribution in [-0.4, -0.2) is 17.7 Å². The predicted octanol–water partition coefficient (Wildman–Crippen LogP) is 4.59. The molecule has 4 heteroatoms. The molecular weight excluding hydrogens is 302 g/mol. The second-order valence-electron chi connectivity index (χ2n) is 5.85. The molecule has 0 aliphatic carbocycles. The molecular formula is C20H25NO3. The summed E-state index contributed by atoms with van der Waals surface area (Å²) in [5.41, 5.74) is 2.71. The summed E-state index contributed by atoms with van der Waals surface area (Å²) in [6.45, 7) is 4.52. The third-order valence-corrected chi connectivity index (χ3v) is 3.93. The summed E-state index contributed by atoms with van der Waals surface area (Å²) in [6.07, 6.45) is 2.07. The largest absolute Gasteiger partial charge is 0.506 e. The number of carbonyl (C=O) groups is 1. The monoisotopic (exact) mass is 327 g/mol. The lowest BCUT2D eigenvalue weighted by Gasteiger charge is -2.22. The zero-order valence-corrected chi connectivity index (χ0v) is 14.3. The molecule has 0 amide bonds. The van der Waals surface area contributed by atoms with Crippen molar-refractivity contribution in [3.05, 3.63) is 59.7 Å². The fraction of sp³-hybridized carbons (Fsp3) is 0.350. The summed E-state index contributed by atoms with van der Waals surface area (Å²) in [5, 5.41) is 13.3. The van der Waals surface area contributed by atoms with E-state index in [-0.39, 0.29) is 24.2 Å². The molecule has 0 bridgehead atoms. The molecule has 0 aliphatic heterocycles. The van der Waals surface area contributed by atoms with Crippen LogP contribution in [0.3, 0.4) is 0 Å². The van der Waals surface area contributed by atoms with E-state index < -0.39 is 0 Å². The Morgan fingerprint density at radius 3 is 2.58 bits per heavy atom. The van der Waals surface area contributed by atoms with Gasteiger partial charge in [0.2, 0.25) is 0 Å². The lowest BCUT2D eigenvalue weighted by atomic mass is 9.98. The second kappa shape index (κ2) is 8.96. The number of nitrogens with one attached hydrogen (secondary N) is 1. The van der Waals surface area contributed by atoms with Crippen LogP contribution in [0.4, 0.5) is 5.69 Å². The Labute approximate surface area is 143 Å². The van der Waals surface area contributed by atoms with Crippen LogP contribution in [0.1, 0.15) is 43.4 Å². The molecule has 0 unspecified atom stereocenters. The molecule has 0 radical (unpaired) electrons. The van der Waals surface area contributed by atoms with E-state index in [1.165, 1.54) is 0 Å². The normalized spacial score (nSPS) is 11.8. The fourth-order valence-corrected chi connectivity index (χ4v) is 2.56. The SMILES string of the molecule is CCCCOC(=O)C[C@@H](Nc1ccccc1O)c1ccccc1C. The third kappa shape index (κ3) is 5.01. The van der Waals surface area contributed by atoms with Gasteiger partial charge < -0.3 is 15.2 Å². The number of phenols is 1. The van der Waals surface area contributed by atoms with Crippen molar-refractivity contribution in [2.75, 3.05) is 11.9 Å². The number of hydrogen-bond acceptors (Lipinski definition) is 4. The van der Waals surface area contributed by atoms with Gasteiger partial charge in [0, 0.05) is 0 Å². The quantitative estimate of drug-likeness (QED) is 0.423. The van der Waals surface area contributed by atoms with Gasteiger partial charge in [-0.15, -0.1) is 0 Å². The third-order valence-electron chi connectivity index (χ3n) is 3.93. The van der Waals surface area contributed by atoms with Gasteiger partial charge in [-0.05, 0) is 36.6 Å². The van der Waals surface area contributed by atoms with E-state index in [0.717, 1.165) is 24.0 Å². The maximum atomic E-state index is 12.2. The first-order valence-corrected chi connectivity index (χ1v) is 8.37. The number of aromatic hydroxyl groups is 1. The van der Waals surface area contributed by atoms with Gasteiger partial charge in [0.05, 0.1) is 24.8 Å². The number of para-hydroxylation sites is 2. The predicted molar refractivity (Wildman–Crippen MR) is 96.1 cm³/mol. The minimum atomic E-state index is -0.256. The van der Waals surface area contributed by atoms with Gasteiger partial charge in [-0.1, -0.05) is 49.7 Å². The molecule has 0 aromatic heterocycles. The van der Waals surface area contributed by atoms with E-state index in [4.69, 9.17) is 4.74 Å². The summed E-state index contributed by atoms with van der Waals surface area (Å²) in [4.78, 5) is 12.2. The van der Waals surface area contributed by atoms with Crippen molar-refractivity contribution in [3.8, 4) is 5.75 Å². The highest BCUT2D eigenvalue weighted by molar-refractivity contribution is 5.72. The molecule has 2 aromatic rings. The first-order valence-electron chi connectivity index (χ1n) is 8.37. The number of benzene rings is 2. The Balaban J connectivity index is 2.17. The van der Waals surface area contributed by atoms with E-state index in [2.05, 4.69) is 12.2 Å². The maximum absolute atomic E-state index is 12.2. The van der Waals surface area contributed by atoms with Crippen molar-refractivity contribution < 1.29 is 14.6 Å². The molecule has 0 spiro atoms. The van der Waals surface area contributed by atoms with E-state index in [9.17, 15) is 9.90 Å². The number of phenolic OH excluding ortho intramolecular Hbond substituents is 1. The molecule has 0 saturated carbocycles. The van der Waals surface area contributed by atoms with Crippen molar-refractivity contribution in [1.29, 1.82) is 0 Å². The van der Waals surface area contributed by atoms with Crippen LogP contribution in [0, 0.1) is 6.92 Å². The van der Waals surface area contributed by atoms with Crippen molar-refractivity contribution >= 4 is 11.7 Å².